The van der Waals surface area contributed by atoms with Gasteiger partial charge in [0.25, 0.3) is 0 Å². The molecule has 0 fully saturated rings. The standard InChI is InChI=1S/C9H13FN2O3S/c1-15-6(5-13)2-3-12-4-7(10)8(16)11-9(12)14/h4,6,13H,2-3,5H2,1H3,(H,11,14,16). The van der Waals surface area contributed by atoms with E-state index >= 15 is 0 Å². The molecule has 0 bridgehead atoms. The number of aliphatic hydroxyl groups excluding tert-OH is 1. The van der Waals surface area contributed by atoms with Gasteiger partial charge in [-0.05, 0) is 6.42 Å². The van der Waals surface area contributed by atoms with Crippen molar-refractivity contribution in [3.8, 4) is 0 Å². The number of ether oxygens (including phenoxy) is 1. The lowest BCUT2D eigenvalue weighted by molar-refractivity contribution is 0.0400. The van der Waals surface area contributed by atoms with Gasteiger partial charge >= 0.3 is 5.69 Å². The van der Waals surface area contributed by atoms with Gasteiger partial charge in [-0.1, -0.05) is 12.2 Å². The molecule has 0 saturated carbocycles. The lowest BCUT2D eigenvalue weighted by Crippen LogP contribution is -2.26. The van der Waals surface area contributed by atoms with Crippen molar-refractivity contribution in [2.45, 2.75) is 19.1 Å². The zero-order valence-corrected chi connectivity index (χ0v) is 9.59. The monoisotopic (exact) mass is 248 g/mol. The average Bonchev–Trinajstić information content (AvgIpc) is 2.26. The second kappa shape index (κ2) is 5.88. The van der Waals surface area contributed by atoms with Gasteiger partial charge in [0.1, 0.15) is 4.64 Å². The van der Waals surface area contributed by atoms with Crippen LogP contribution in [0.1, 0.15) is 6.42 Å². The molecule has 90 valence electrons. The topological polar surface area (TPSA) is 67.2 Å². The van der Waals surface area contributed by atoms with E-state index in [1.54, 1.807) is 0 Å². The highest BCUT2D eigenvalue weighted by molar-refractivity contribution is 7.71. The Morgan fingerprint density at radius 3 is 3.00 bits per heavy atom. The van der Waals surface area contributed by atoms with Crippen LogP contribution >= 0.6 is 12.2 Å². The molecule has 0 saturated heterocycles. The first-order valence-electron chi connectivity index (χ1n) is 4.71. The summed E-state index contributed by atoms with van der Waals surface area (Å²) in [6.07, 6.45) is 1.10. The Morgan fingerprint density at radius 2 is 2.44 bits per heavy atom. The minimum Gasteiger partial charge on any atom is -0.394 e. The third-order valence-corrected chi connectivity index (χ3v) is 2.49. The first-order chi connectivity index (χ1) is 7.58. The molecule has 1 heterocycles. The van der Waals surface area contributed by atoms with Gasteiger partial charge in [0, 0.05) is 19.9 Å². The zero-order valence-electron chi connectivity index (χ0n) is 8.77. The lowest BCUT2D eigenvalue weighted by atomic mass is 10.2. The Hall–Kier alpha value is -1.05. The quantitative estimate of drug-likeness (QED) is 0.742. The minimum absolute atomic E-state index is 0.142. The predicted molar refractivity (Wildman–Crippen MR) is 58.3 cm³/mol. The van der Waals surface area contributed by atoms with Crippen LogP contribution in [0.4, 0.5) is 4.39 Å². The van der Waals surface area contributed by atoms with Gasteiger partial charge in [0.15, 0.2) is 5.82 Å². The van der Waals surface area contributed by atoms with E-state index in [4.69, 9.17) is 9.84 Å². The van der Waals surface area contributed by atoms with Crippen molar-refractivity contribution in [3.05, 3.63) is 27.1 Å². The first-order valence-corrected chi connectivity index (χ1v) is 5.12. The second-order valence-electron chi connectivity index (χ2n) is 3.26. The van der Waals surface area contributed by atoms with Gasteiger partial charge in [0.2, 0.25) is 0 Å². The molecule has 0 aliphatic heterocycles. The number of aromatic nitrogens is 2. The van der Waals surface area contributed by atoms with Crippen molar-refractivity contribution < 1.29 is 14.2 Å². The second-order valence-corrected chi connectivity index (χ2v) is 3.67. The van der Waals surface area contributed by atoms with Crippen LogP contribution < -0.4 is 5.69 Å². The van der Waals surface area contributed by atoms with E-state index in [2.05, 4.69) is 17.2 Å². The molecule has 5 nitrogen and oxygen atoms in total. The number of aryl methyl sites for hydroxylation is 1. The number of methoxy groups -OCH3 is 1. The number of rotatable bonds is 5. The Bertz CT molecular complexity index is 453. The van der Waals surface area contributed by atoms with Crippen molar-refractivity contribution in [2.75, 3.05) is 13.7 Å². The van der Waals surface area contributed by atoms with Crippen LogP contribution in [-0.4, -0.2) is 34.5 Å². The molecule has 1 atom stereocenters. The molecule has 0 aliphatic carbocycles. The van der Waals surface area contributed by atoms with Crippen LogP contribution in [0.3, 0.4) is 0 Å². The summed E-state index contributed by atoms with van der Waals surface area (Å²) >= 11 is 4.57. The van der Waals surface area contributed by atoms with E-state index in [1.807, 2.05) is 0 Å². The van der Waals surface area contributed by atoms with Gasteiger partial charge in [0.05, 0.1) is 12.7 Å². The van der Waals surface area contributed by atoms with E-state index < -0.39 is 11.5 Å². The molecule has 0 radical (unpaired) electrons. The van der Waals surface area contributed by atoms with Gasteiger partial charge < -0.3 is 9.84 Å². The van der Waals surface area contributed by atoms with Crippen LogP contribution in [0.2, 0.25) is 0 Å². The molecule has 2 N–H and O–H groups in total. The number of hydrogen-bond acceptors (Lipinski definition) is 4. The molecule has 0 amide bonds. The highest BCUT2D eigenvalue weighted by Crippen LogP contribution is 2.00. The van der Waals surface area contributed by atoms with Crippen LogP contribution in [-0.2, 0) is 11.3 Å². The highest BCUT2D eigenvalue weighted by atomic mass is 32.1. The van der Waals surface area contributed by atoms with Gasteiger partial charge in [-0.15, -0.1) is 0 Å². The third-order valence-electron chi connectivity index (χ3n) is 2.20. The average molecular weight is 248 g/mol. The first kappa shape index (κ1) is 13.0. The Labute approximate surface area is 96.5 Å². The van der Waals surface area contributed by atoms with E-state index in [1.165, 1.54) is 7.11 Å². The molecule has 1 aromatic heterocycles. The fourth-order valence-corrected chi connectivity index (χ4v) is 1.36. The van der Waals surface area contributed by atoms with Crippen LogP contribution in [0.25, 0.3) is 0 Å². The summed E-state index contributed by atoms with van der Waals surface area (Å²) in [5.74, 6) is -0.646. The number of H-pyrrole nitrogens is 1. The van der Waals surface area contributed by atoms with Crippen molar-refractivity contribution >= 4 is 12.2 Å². The summed E-state index contributed by atoms with van der Waals surface area (Å²) in [6, 6.07) is 0. The number of halogens is 1. The summed E-state index contributed by atoms with van der Waals surface area (Å²) in [6.45, 7) is 0.109. The maximum Gasteiger partial charge on any atom is 0.326 e. The number of aromatic amines is 1. The molecule has 1 aromatic rings. The van der Waals surface area contributed by atoms with E-state index in [0.29, 0.717) is 6.42 Å². The summed E-state index contributed by atoms with van der Waals surface area (Å²) in [5.41, 5.74) is -0.473. The van der Waals surface area contributed by atoms with Gasteiger partial charge in [-0.3, -0.25) is 9.55 Å². The molecule has 0 spiro atoms. The number of nitrogens with zero attached hydrogens (tertiary/aromatic N) is 1. The van der Waals surface area contributed by atoms with Crippen LogP contribution in [0, 0.1) is 10.5 Å². The largest absolute Gasteiger partial charge is 0.394 e. The predicted octanol–water partition coefficient (Wildman–Crippen LogP) is 0.442. The molecule has 7 heteroatoms. The van der Waals surface area contributed by atoms with E-state index in [9.17, 15) is 9.18 Å². The summed E-state index contributed by atoms with van der Waals surface area (Å²) in [4.78, 5) is 13.6. The zero-order chi connectivity index (χ0) is 12.1. The minimum atomic E-state index is -0.646. The Balaban J connectivity index is 2.78. The molecule has 0 aliphatic rings. The fourth-order valence-electron chi connectivity index (χ4n) is 1.22. The fraction of sp³-hybridized carbons (Fsp3) is 0.556. The summed E-state index contributed by atoms with van der Waals surface area (Å²) < 4.78 is 19.0. The number of hydrogen-bond donors (Lipinski definition) is 2. The highest BCUT2D eigenvalue weighted by Gasteiger charge is 2.07. The molecule has 0 aromatic carbocycles. The molecule has 1 rings (SSSR count). The van der Waals surface area contributed by atoms with E-state index in [0.717, 1.165) is 10.8 Å². The van der Waals surface area contributed by atoms with Crippen molar-refractivity contribution in [1.82, 2.24) is 9.55 Å². The molecule has 16 heavy (non-hydrogen) atoms. The molecular weight excluding hydrogens is 235 g/mol. The summed E-state index contributed by atoms with van der Waals surface area (Å²) in [5, 5.41) is 8.86. The third kappa shape index (κ3) is 3.22. The van der Waals surface area contributed by atoms with Crippen LogP contribution in [0.15, 0.2) is 11.0 Å². The Morgan fingerprint density at radius 1 is 1.75 bits per heavy atom. The Kier molecular flexibility index (Phi) is 4.78. The number of aliphatic hydroxyl groups is 1. The normalized spacial score (nSPS) is 12.7. The van der Waals surface area contributed by atoms with Crippen LogP contribution in [0.5, 0.6) is 0 Å². The molecule has 1 unspecified atom stereocenters. The smallest absolute Gasteiger partial charge is 0.326 e. The maximum atomic E-state index is 13.1. The SMILES string of the molecule is COC(CO)CCn1cc(F)c(=S)[nH]c1=O. The van der Waals surface area contributed by atoms with Crippen molar-refractivity contribution in [1.29, 1.82) is 0 Å². The van der Waals surface area contributed by atoms with Gasteiger partial charge in [-0.25, -0.2) is 9.18 Å². The van der Waals surface area contributed by atoms with Crippen molar-refractivity contribution in [2.24, 2.45) is 0 Å². The van der Waals surface area contributed by atoms with E-state index in [-0.39, 0.29) is 23.9 Å². The maximum absolute atomic E-state index is 13.1. The lowest BCUT2D eigenvalue weighted by Gasteiger charge is -2.12. The molecular formula is C9H13FN2O3S. The summed E-state index contributed by atoms with van der Waals surface area (Å²) in [7, 11) is 1.46. The van der Waals surface area contributed by atoms with Gasteiger partial charge in [-0.2, -0.15) is 0 Å². The number of nitrogens with one attached hydrogen (secondary N) is 1. The van der Waals surface area contributed by atoms with Crippen molar-refractivity contribution in [3.63, 3.8) is 0 Å².